The molecule has 0 aromatic heterocycles. The highest BCUT2D eigenvalue weighted by Gasteiger charge is 2.10. The summed E-state index contributed by atoms with van der Waals surface area (Å²) in [6.45, 7) is 2.19. The van der Waals surface area contributed by atoms with E-state index in [0.717, 1.165) is 12.6 Å². The van der Waals surface area contributed by atoms with Gasteiger partial charge in [-0.05, 0) is 26.2 Å². The standard InChI is InChI=1S/C12H19F2N3O/c1-17(2)6-8-18-7-5-16-12-10(15)4-3-9(13)11(12)14/h3-4,16H,5-8,15H2,1-2H3. The minimum Gasteiger partial charge on any atom is -0.397 e. The van der Waals surface area contributed by atoms with Crippen molar-refractivity contribution in [2.75, 3.05) is 51.4 Å². The molecule has 0 amide bonds. The first-order valence-corrected chi connectivity index (χ1v) is 5.72. The molecule has 0 saturated heterocycles. The molecule has 0 aliphatic heterocycles. The van der Waals surface area contributed by atoms with Crippen molar-refractivity contribution in [1.82, 2.24) is 4.90 Å². The van der Waals surface area contributed by atoms with E-state index < -0.39 is 11.6 Å². The summed E-state index contributed by atoms with van der Waals surface area (Å²) >= 11 is 0. The highest BCUT2D eigenvalue weighted by molar-refractivity contribution is 5.66. The Morgan fingerprint density at radius 1 is 1.28 bits per heavy atom. The van der Waals surface area contributed by atoms with Gasteiger partial charge in [-0.2, -0.15) is 0 Å². The summed E-state index contributed by atoms with van der Waals surface area (Å²) in [5.41, 5.74) is 5.73. The van der Waals surface area contributed by atoms with Gasteiger partial charge in [-0.25, -0.2) is 8.78 Å². The van der Waals surface area contributed by atoms with Crippen LogP contribution >= 0.6 is 0 Å². The van der Waals surface area contributed by atoms with Gasteiger partial charge in [-0.1, -0.05) is 0 Å². The van der Waals surface area contributed by atoms with Crippen LogP contribution in [0, 0.1) is 11.6 Å². The number of rotatable bonds is 7. The van der Waals surface area contributed by atoms with E-state index in [4.69, 9.17) is 10.5 Å². The molecule has 0 radical (unpaired) electrons. The number of hydrogen-bond donors (Lipinski definition) is 2. The van der Waals surface area contributed by atoms with Gasteiger partial charge in [0, 0.05) is 13.1 Å². The number of hydrogen-bond acceptors (Lipinski definition) is 4. The second-order valence-electron chi connectivity index (χ2n) is 4.17. The Morgan fingerprint density at radius 3 is 2.67 bits per heavy atom. The van der Waals surface area contributed by atoms with Gasteiger partial charge < -0.3 is 20.7 Å². The monoisotopic (exact) mass is 259 g/mol. The summed E-state index contributed by atoms with van der Waals surface area (Å²) in [6, 6.07) is 2.33. The number of nitrogens with zero attached hydrogens (tertiary/aromatic N) is 1. The summed E-state index contributed by atoms with van der Waals surface area (Å²) in [7, 11) is 3.90. The van der Waals surface area contributed by atoms with Crippen LogP contribution in [-0.4, -0.2) is 45.3 Å². The first-order valence-electron chi connectivity index (χ1n) is 5.72. The number of benzene rings is 1. The maximum absolute atomic E-state index is 13.4. The fourth-order valence-electron chi connectivity index (χ4n) is 1.34. The van der Waals surface area contributed by atoms with Crippen molar-refractivity contribution in [3.63, 3.8) is 0 Å². The SMILES string of the molecule is CN(C)CCOCCNc1c(N)ccc(F)c1F. The smallest absolute Gasteiger partial charge is 0.183 e. The number of anilines is 2. The number of nitrogen functional groups attached to an aromatic ring is 1. The topological polar surface area (TPSA) is 50.5 Å². The molecule has 1 rings (SSSR count). The first kappa shape index (κ1) is 14.7. The lowest BCUT2D eigenvalue weighted by molar-refractivity contribution is 0.126. The zero-order valence-corrected chi connectivity index (χ0v) is 10.7. The fraction of sp³-hybridized carbons (Fsp3) is 0.500. The van der Waals surface area contributed by atoms with Crippen molar-refractivity contribution in [1.29, 1.82) is 0 Å². The van der Waals surface area contributed by atoms with E-state index in [1.54, 1.807) is 0 Å². The van der Waals surface area contributed by atoms with Crippen molar-refractivity contribution in [2.24, 2.45) is 0 Å². The van der Waals surface area contributed by atoms with E-state index in [-0.39, 0.29) is 11.4 Å². The third kappa shape index (κ3) is 4.46. The lowest BCUT2D eigenvalue weighted by Gasteiger charge is -2.12. The number of nitrogens with two attached hydrogens (primary N) is 1. The minimum atomic E-state index is -0.955. The molecule has 0 atom stereocenters. The molecule has 4 nitrogen and oxygen atoms in total. The number of halogens is 2. The highest BCUT2D eigenvalue weighted by Crippen LogP contribution is 2.24. The van der Waals surface area contributed by atoms with Gasteiger partial charge in [0.25, 0.3) is 0 Å². The molecule has 3 N–H and O–H groups in total. The molecule has 0 fully saturated rings. The lowest BCUT2D eigenvalue weighted by atomic mass is 10.2. The number of nitrogens with one attached hydrogen (secondary N) is 1. The molecule has 0 spiro atoms. The second kappa shape index (κ2) is 7.13. The molecule has 0 bridgehead atoms. The van der Waals surface area contributed by atoms with Crippen LogP contribution in [0.4, 0.5) is 20.2 Å². The number of likely N-dealkylation sites (N-methyl/N-ethyl adjacent to an activating group) is 1. The van der Waals surface area contributed by atoms with Crippen molar-refractivity contribution in [3.05, 3.63) is 23.8 Å². The number of ether oxygens (including phenoxy) is 1. The molecular weight excluding hydrogens is 240 g/mol. The van der Waals surface area contributed by atoms with Crippen LogP contribution in [0.2, 0.25) is 0 Å². The molecule has 6 heteroatoms. The van der Waals surface area contributed by atoms with Crippen LogP contribution in [0.1, 0.15) is 0 Å². The van der Waals surface area contributed by atoms with Gasteiger partial charge in [-0.15, -0.1) is 0 Å². The van der Waals surface area contributed by atoms with Gasteiger partial charge in [0.15, 0.2) is 11.6 Å². The Hall–Kier alpha value is -1.40. The summed E-state index contributed by atoms with van der Waals surface area (Å²) in [4.78, 5) is 2.00. The predicted octanol–water partition coefficient (Wildman–Crippen LogP) is 1.54. The van der Waals surface area contributed by atoms with Crippen molar-refractivity contribution < 1.29 is 13.5 Å². The first-order chi connectivity index (χ1) is 8.52. The van der Waals surface area contributed by atoms with Crippen molar-refractivity contribution in [3.8, 4) is 0 Å². The average molecular weight is 259 g/mol. The molecule has 1 aromatic carbocycles. The third-order valence-electron chi connectivity index (χ3n) is 2.36. The van der Waals surface area contributed by atoms with Crippen molar-refractivity contribution in [2.45, 2.75) is 0 Å². The molecule has 0 saturated carbocycles. The van der Waals surface area contributed by atoms with Gasteiger partial charge in [0.1, 0.15) is 0 Å². The van der Waals surface area contributed by atoms with Crippen LogP contribution < -0.4 is 11.1 Å². The van der Waals surface area contributed by atoms with E-state index in [0.29, 0.717) is 19.8 Å². The van der Waals surface area contributed by atoms with Gasteiger partial charge in [0.2, 0.25) is 0 Å². The van der Waals surface area contributed by atoms with E-state index in [1.807, 2.05) is 19.0 Å². The predicted molar refractivity (Wildman–Crippen MR) is 68.6 cm³/mol. The molecule has 0 heterocycles. The van der Waals surface area contributed by atoms with Crippen LogP contribution in [0.5, 0.6) is 0 Å². The molecule has 18 heavy (non-hydrogen) atoms. The summed E-state index contributed by atoms with van der Waals surface area (Å²) < 4.78 is 31.7. The Morgan fingerprint density at radius 2 is 2.00 bits per heavy atom. The Labute approximate surface area is 106 Å². The van der Waals surface area contributed by atoms with Crippen LogP contribution in [0.3, 0.4) is 0 Å². The Bertz CT molecular complexity index is 386. The zero-order valence-electron chi connectivity index (χ0n) is 10.7. The normalized spacial score (nSPS) is 10.9. The maximum atomic E-state index is 13.4. The van der Waals surface area contributed by atoms with Crippen LogP contribution in [-0.2, 0) is 4.74 Å². The molecule has 102 valence electrons. The van der Waals surface area contributed by atoms with E-state index in [9.17, 15) is 8.78 Å². The average Bonchev–Trinajstić information content (AvgIpc) is 2.32. The summed E-state index contributed by atoms with van der Waals surface area (Å²) in [5, 5.41) is 2.73. The van der Waals surface area contributed by atoms with Gasteiger partial charge >= 0.3 is 0 Å². The maximum Gasteiger partial charge on any atom is 0.183 e. The highest BCUT2D eigenvalue weighted by atomic mass is 19.2. The van der Waals surface area contributed by atoms with Crippen LogP contribution in [0.15, 0.2) is 12.1 Å². The van der Waals surface area contributed by atoms with E-state index >= 15 is 0 Å². The molecular formula is C12H19F2N3O. The Balaban J connectivity index is 2.33. The lowest BCUT2D eigenvalue weighted by Crippen LogP contribution is -2.20. The molecule has 0 aliphatic rings. The Kier molecular flexibility index (Phi) is 5.80. The van der Waals surface area contributed by atoms with Crippen molar-refractivity contribution >= 4 is 11.4 Å². The zero-order chi connectivity index (χ0) is 13.5. The second-order valence-corrected chi connectivity index (χ2v) is 4.17. The van der Waals surface area contributed by atoms with Gasteiger partial charge in [0.05, 0.1) is 24.6 Å². The largest absolute Gasteiger partial charge is 0.397 e. The fourth-order valence-corrected chi connectivity index (χ4v) is 1.34. The molecule has 0 unspecified atom stereocenters. The van der Waals surface area contributed by atoms with Crippen LogP contribution in [0.25, 0.3) is 0 Å². The third-order valence-corrected chi connectivity index (χ3v) is 2.36. The molecule has 1 aromatic rings. The quantitative estimate of drug-likeness (QED) is 0.576. The summed E-state index contributed by atoms with van der Waals surface area (Å²) in [5.74, 6) is -1.87. The molecule has 0 aliphatic carbocycles. The van der Waals surface area contributed by atoms with Gasteiger partial charge in [-0.3, -0.25) is 0 Å². The van der Waals surface area contributed by atoms with E-state index in [2.05, 4.69) is 5.32 Å². The minimum absolute atomic E-state index is 0.00814. The van der Waals surface area contributed by atoms with E-state index in [1.165, 1.54) is 6.07 Å². The summed E-state index contributed by atoms with van der Waals surface area (Å²) in [6.07, 6.45) is 0.